The van der Waals surface area contributed by atoms with Gasteiger partial charge in [-0.25, -0.2) is 4.79 Å². The number of benzene rings is 1. The molecular formula is C24H36N4O2. The van der Waals surface area contributed by atoms with Gasteiger partial charge < -0.3 is 10.6 Å². The van der Waals surface area contributed by atoms with Gasteiger partial charge in [0.15, 0.2) is 0 Å². The van der Waals surface area contributed by atoms with Crippen LogP contribution in [-0.2, 0) is 4.79 Å². The molecular weight excluding hydrogens is 376 g/mol. The molecule has 1 aliphatic heterocycles. The van der Waals surface area contributed by atoms with E-state index in [-0.39, 0.29) is 11.9 Å². The van der Waals surface area contributed by atoms with Gasteiger partial charge in [-0.1, -0.05) is 31.7 Å². The quantitative estimate of drug-likeness (QED) is 0.471. The van der Waals surface area contributed by atoms with Crippen molar-refractivity contribution in [3.63, 3.8) is 0 Å². The number of amides is 3. The van der Waals surface area contributed by atoms with Crippen LogP contribution in [-0.4, -0.2) is 37.6 Å². The van der Waals surface area contributed by atoms with Gasteiger partial charge in [-0.2, -0.15) is 0 Å². The molecule has 0 bridgehead atoms. The molecule has 1 aromatic carbocycles. The number of carbonyl (C=O) groups excluding carboxylic acids is 2. The van der Waals surface area contributed by atoms with Crippen LogP contribution < -0.4 is 20.9 Å². The number of imide groups is 1. The van der Waals surface area contributed by atoms with Crippen LogP contribution in [0.3, 0.4) is 0 Å². The fourth-order valence-corrected chi connectivity index (χ4v) is 5.13. The zero-order chi connectivity index (χ0) is 20.8. The first-order valence-corrected chi connectivity index (χ1v) is 11.8. The Hall–Kier alpha value is -2.08. The zero-order valence-corrected chi connectivity index (χ0v) is 18.0. The van der Waals surface area contributed by atoms with E-state index in [1.54, 1.807) is 4.90 Å². The van der Waals surface area contributed by atoms with Gasteiger partial charge in [-0.15, -0.1) is 0 Å². The molecule has 1 saturated heterocycles. The van der Waals surface area contributed by atoms with Gasteiger partial charge >= 0.3 is 6.03 Å². The summed E-state index contributed by atoms with van der Waals surface area (Å²) >= 11 is 0. The van der Waals surface area contributed by atoms with Crippen molar-refractivity contribution in [2.75, 3.05) is 29.9 Å². The van der Waals surface area contributed by atoms with Crippen molar-refractivity contribution in [2.24, 2.45) is 5.41 Å². The van der Waals surface area contributed by atoms with Gasteiger partial charge in [0.1, 0.15) is 0 Å². The molecule has 1 spiro atoms. The highest BCUT2D eigenvalue weighted by Crippen LogP contribution is 2.55. The lowest BCUT2D eigenvalue weighted by atomic mass is 9.54. The second-order valence-electron chi connectivity index (χ2n) is 9.41. The summed E-state index contributed by atoms with van der Waals surface area (Å²) in [5.41, 5.74) is 2.63. The summed E-state index contributed by atoms with van der Waals surface area (Å²) in [4.78, 5) is 24.9. The molecule has 6 heteroatoms. The molecule has 30 heavy (non-hydrogen) atoms. The predicted octanol–water partition coefficient (Wildman–Crippen LogP) is 4.42. The van der Waals surface area contributed by atoms with E-state index in [0.29, 0.717) is 13.0 Å². The molecule has 3 amide bonds. The molecule has 0 atom stereocenters. The Balaban J connectivity index is 1.04. The number of rotatable bonds is 11. The predicted molar refractivity (Wildman–Crippen MR) is 121 cm³/mol. The Morgan fingerprint density at radius 1 is 1.03 bits per heavy atom. The lowest BCUT2D eigenvalue weighted by Gasteiger charge is -2.54. The third-order valence-electron chi connectivity index (χ3n) is 7.10. The number of nitrogens with zero attached hydrogens (tertiary/aromatic N) is 1. The number of urea groups is 1. The van der Waals surface area contributed by atoms with Gasteiger partial charge in [0, 0.05) is 36.9 Å². The number of nitrogens with one attached hydrogen (secondary N) is 3. The summed E-state index contributed by atoms with van der Waals surface area (Å²) < 4.78 is 0. The molecule has 2 saturated carbocycles. The molecule has 1 aromatic rings. The highest BCUT2D eigenvalue weighted by molar-refractivity contribution is 6.05. The first-order chi connectivity index (χ1) is 14.6. The minimum atomic E-state index is -0.335. The number of hydrogen-bond acceptors (Lipinski definition) is 4. The maximum Gasteiger partial charge on any atom is 0.328 e. The third-order valence-corrected chi connectivity index (χ3v) is 7.10. The summed E-state index contributed by atoms with van der Waals surface area (Å²) in [7, 11) is 0. The molecule has 6 nitrogen and oxygen atoms in total. The molecule has 1 heterocycles. The maximum absolute atomic E-state index is 12.0. The second-order valence-corrected chi connectivity index (χ2v) is 9.41. The van der Waals surface area contributed by atoms with E-state index >= 15 is 0 Å². The first-order valence-electron chi connectivity index (χ1n) is 11.8. The van der Waals surface area contributed by atoms with E-state index in [0.717, 1.165) is 35.8 Å². The molecule has 0 radical (unpaired) electrons. The van der Waals surface area contributed by atoms with E-state index in [1.807, 2.05) is 24.3 Å². The summed E-state index contributed by atoms with van der Waals surface area (Å²) in [6.07, 6.45) is 13.9. The highest BCUT2D eigenvalue weighted by atomic mass is 16.2. The first kappa shape index (κ1) is 21.2. The summed E-state index contributed by atoms with van der Waals surface area (Å²) in [5, 5.41) is 9.57. The molecule has 3 aliphatic rings. The average Bonchev–Trinajstić information content (AvgIpc) is 2.67. The standard InChI is InChI=1S/C24H36N4O2/c29-22-10-15-28(23(30)27-22)21-9-6-8-19(16-21)25-13-4-2-1-3-5-14-26-20-17-24(18-20)11-7-12-24/h6,8-9,16,20,25-26H,1-5,7,10-15,17-18H2,(H,27,29,30). The van der Waals surface area contributed by atoms with Crippen LogP contribution in [0.25, 0.3) is 0 Å². The fraction of sp³-hybridized carbons (Fsp3) is 0.667. The van der Waals surface area contributed by atoms with Crippen molar-refractivity contribution >= 4 is 23.3 Å². The number of unbranched alkanes of at least 4 members (excludes halogenated alkanes) is 4. The Kier molecular flexibility index (Phi) is 6.93. The monoisotopic (exact) mass is 412 g/mol. The zero-order valence-electron chi connectivity index (χ0n) is 18.0. The smallest absolute Gasteiger partial charge is 0.328 e. The molecule has 4 rings (SSSR count). The summed E-state index contributed by atoms with van der Waals surface area (Å²) in [6, 6.07) is 8.33. The van der Waals surface area contributed by atoms with Crippen molar-refractivity contribution < 1.29 is 9.59 Å². The lowest BCUT2D eigenvalue weighted by Crippen LogP contribution is -2.52. The van der Waals surface area contributed by atoms with E-state index in [9.17, 15) is 9.59 Å². The van der Waals surface area contributed by atoms with Gasteiger partial charge in [0.25, 0.3) is 0 Å². The number of carbonyl (C=O) groups is 2. The lowest BCUT2D eigenvalue weighted by molar-refractivity contribution is -0.120. The van der Waals surface area contributed by atoms with Crippen LogP contribution in [0, 0.1) is 5.41 Å². The van der Waals surface area contributed by atoms with Crippen molar-refractivity contribution in [1.82, 2.24) is 10.6 Å². The molecule has 164 valence electrons. The summed E-state index contributed by atoms with van der Waals surface area (Å²) in [6.45, 7) is 2.56. The van der Waals surface area contributed by atoms with Gasteiger partial charge in [0.05, 0.1) is 0 Å². The second kappa shape index (κ2) is 9.82. The minimum absolute atomic E-state index is 0.202. The van der Waals surface area contributed by atoms with Gasteiger partial charge in [0.2, 0.25) is 5.91 Å². The molecule has 0 aromatic heterocycles. The van der Waals surface area contributed by atoms with Crippen molar-refractivity contribution in [3.05, 3.63) is 24.3 Å². The van der Waals surface area contributed by atoms with Crippen LogP contribution >= 0.6 is 0 Å². The van der Waals surface area contributed by atoms with Crippen LogP contribution in [0.15, 0.2) is 24.3 Å². The van der Waals surface area contributed by atoms with E-state index in [2.05, 4.69) is 16.0 Å². The van der Waals surface area contributed by atoms with E-state index in [1.165, 1.54) is 64.3 Å². The Labute approximate surface area is 180 Å². The molecule has 3 N–H and O–H groups in total. The minimum Gasteiger partial charge on any atom is -0.385 e. The van der Waals surface area contributed by atoms with Crippen molar-refractivity contribution in [3.8, 4) is 0 Å². The molecule has 0 unspecified atom stereocenters. The highest BCUT2D eigenvalue weighted by Gasteiger charge is 2.47. The van der Waals surface area contributed by atoms with Crippen LogP contribution in [0.4, 0.5) is 16.2 Å². The number of anilines is 2. The van der Waals surface area contributed by atoms with Gasteiger partial charge in [-0.05, 0) is 68.7 Å². The van der Waals surface area contributed by atoms with Crippen LogP contribution in [0.5, 0.6) is 0 Å². The Morgan fingerprint density at radius 2 is 1.80 bits per heavy atom. The summed E-state index contributed by atoms with van der Waals surface area (Å²) in [5.74, 6) is -0.202. The number of hydrogen-bond donors (Lipinski definition) is 3. The largest absolute Gasteiger partial charge is 0.385 e. The molecule has 2 aliphatic carbocycles. The van der Waals surface area contributed by atoms with Gasteiger partial charge in [-0.3, -0.25) is 15.0 Å². The van der Waals surface area contributed by atoms with Crippen molar-refractivity contribution in [2.45, 2.75) is 76.7 Å². The fourth-order valence-electron chi connectivity index (χ4n) is 5.13. The Morgan fingerprint density at radius 3 is 2.53 bits per heavy atom. The molecule has 3 fully saturated rings. The SMILES string of the molecule is O=C1CCN(c2cccc(NCCCCCCCNC3CC4(CCC4)C3)c2)C(=O)N1. The Bertz CT molecular complexity index is 738. The normalized spacial score (nSPS) is 20.6. The van der Waals surface area contributed by atoms with Crippen LogP contribution in [0.1, 0.15) is 70.6 Å². The topological polar surface area (TPSA) is 73.5 Å². The maximum atomic E-state index is 12.0. The van der Waals surface area contributed by atoms with E-state index < -0.39 is 0 Å². The third kappa shape index (κ3) is 5.34. The average molecular weight is 413 g/mol. The van der Waals surface area contributed by atoms with Crippen molar-refractivity contribution in [1.29, 1.82) is 0 Å². The van der Waals surface area contributed by atoms with E-state index in [4.69, 9.17) is 0 Å². The van der Waals surface area contributed by atoms with Crippen LogP contribution in [0.2, 0.25) is 0 Å².